The maximum absolute atomic E-state index is 14.6. The number of morpholine rings is 1. The third-order valence-corrected chi connectivity index (χ3v) is 6.66. The predicted octanol–water partition coefficient (Wildman–Crippen LogP) is 2.36. The summed E-state index contributed by atoms with van der Waals surface area (Å²) in [5.74, 6) is -0.426. The van der Waals surface area contributed by atoms with Gasteiger partial charge in [0.2, 0.25) is 0 Å². The molecular weight excluding hydrogens is 430 g/mol. The quantitative estimate of drug-likeness (QED) is 0.623. The molecule has 1 aromatic carbocycles. The number of H-pyrrole nitrogens is 1. The second-order valence-electron chi connectivity index (χ2n) is 6.98. The lowest BCUT2D eigenvalue weighted by Crippen LogP contribution is -2.51. The van der Waals surface area contributed by atoms with Crippen LogP contribution in [0, 0.1) is 12.7 Å². The summed E-state index contributed by atoms with van der Waals surface area (Å²) in [7, 11) is -2.71. The van der Waals surface area contributed by atoms with Gasteiger partial charge in [-0.15, -0.1) is 0 Å². The molecule has 0 bridgehead atoms. The summed E-state index contributed by atoms with van der Waals surface area (Å²) in [4.78, 5) is 6.65. The third-order valence-electron chi connectivity index (χ3n) is 4.87. The van der Waals surface area contributed by atoms with Crippen molar-refractivity contribution in [1.29, 1.82) is 0 Å². The highest BCUT2D eigenvalue weighted by molar-refractivity contribution is 7.89. The number of fused-ring (bicyclic) bond motifs is 1. The van der Waals surface area contributed by atoms with Crippen molar-refractivity contribution in [2.75, 3.05) is 19.7 Å². The van der Waals surface area contributed by atoms with Gasteiger partial charge in [-0.3, -0.25) is 4.68 Å². The van der Waals surface area contributed by atoms with Crippen LogP contribution in [0.1, 0.15) is 5.56 Å². The number of aromatic amines is 1. The maximum Gasteiger partial charge on any atom is 0.415 e. The van der Waals surface area contributed by atoms with Crippen LogP contribution in [0.2, 0.25) is 0 Å². The smallest absolute Gasteiger partial charge is 0.366 e. The largest absolute Gasteiger partial charge is 0.415 e. The molecule has 1 aliphatic heterocycles. The van der Waals surface area contributed by atoms with Gasteiger partial charge in [0.05, 0.1) is 12.1 Å². The Morgan fingerprint density at radius 3 is 2.67 bits per heavy atom. The van der Waals surface area contributed by atoms with Crippen LogP contribution in [0.25, 0.3) is 22.3 Å². The lowest BCUT2D eigenvalue weighted by molar-refractivity contribution is -0.231. The molecule has 162 valence electrons. The fraction of sp³-hybridized carbons (Fsp3) is 0.412. The van der Waals surface area contributed by atoms with E-state index in [4.69, 9.17) is 0 Å². The Morgan fingerprint density at radius 2 is 2.03 bits per heavy atom. The van der Waals surface area contributed by atoms with E-state index < -0.39 is 46.3 Å². The van der Waals surface area contributed by atoms with E-state index in [1.165, 1.54) is 23.1 Å². The number of hydrogen-bond donors (Lipinski definition) is 1. The first-order valence-corrected chi connectivity index (χ1v) is 10.3. The lowest BCUT2D eigenvalue weighted by Gasteiger charge is -2.32. The molecule has 0 aliphatic carbocycles. The van der Waals surface area contributed by atoms with E-state index in [9.17, 15) is 26.0 Å². The molecule has 1 atom stereocenters. The molecule has 1 fully saturated rings. The van der Waals surface area contributed by atoms with E-state index in [2.05, 4.69) is 19.8 Å². The summed E-state index contributed by atoms with van der Waals surface area (Å²) in [6.45, 7) is 0.100. The highest BCUT2D eigenvalue weighted by atomic mass is 32.2. The second-order valence-corrected chi connectivity index (χ2v) is 8.88. The van der Waals surface area contributed by atoms with Crippen molar-refractivity contribution in [2.45, 2.75) is 24.2 Å². The molecule has 1 N–H and O–H groups in total. The Bertz CT molecular complexity index is 1220. The van der Waals surface area contributed by atoms with E-state index in [-0.39, 0.29) is 23.3 Å². The number of aromatic nitrogens is 4. The molecule has 30 heavy (non-hydrogen) atoms. The van der Waals surface area contributed by atoms with Crippen LogP contribution in [0.3, 0.4) is 0 Å². The fourth-order valence-electron chi connectivity index (χ4n) is 3.43. The van der Waals surface area contributed by atoms with Crippen molar-refractivity contribution in [3.63, 3.8) is 0 Å². The minimum atomic E-state index is -4.70. The number of ether oxygens (including phenoxy) is 1. The molecule has 0 amide bonds. The first kappa shape index (κ1) is 20.8. The lowest BCUT2D eigenvalue weighted by atomic mass is 10.0. The Balaban J connectivity index is 1.81. The van der Waals surface area contributed by atoms with Crippen LogP contribution >= 0.6 is 0 Å². The molecule has 1 aliphatic rings. The number of rotatable bonds is 3. The van der Waals surface area contributed by atoms with Gasteiger partial charge in [-0.1, -0.05) is 0 Å². The van der Waals surface area contributed by atoms with Crippen molar-refractivity contribution >= 4 is 20.9 Å². The summed E-state index contributed by atoms with van der Waals surface area (Å²) < 4.78 is 86.3. The fourth-order valence-corrected chi connectivity index (χ4v) is 4.86. The highest BCUT2D eigenvalue weighted by Crippen LogP contribution is 2.35. The minimum Gasteiger partial charge on any atom is -0.366 e. The van der Waals surface area contributed by atoms with Crippen LogP contribution in [0.5, 0.6) is 0 Å². The number of nitrogens with zero attached hydrogens (tertiary/aromatic N) is 4. The first-order chi connectivity index (χ1) is 14.0. The van der Waals surface area contributed by atoms with E-state index in [1.807, 2.05) is 0 Å². The van der Waals surface area contributed by atoms with Gasteiger partial charge in [-0.2, -0.15) is 22.6 Å². The van der Waals surface area contributed by atoms with E-state index in [1.54, 1.807) is 14.0 Å². The number of alkyl halides is 3. The van der Waals surface area contributed by atoms with Gasteiger partial charge in [0, 0.05) is 31.1 Å². The van der Waals surface area contributed by atoms with Gasteiger partial charge < -0.3 is 9.72 Å². The topological polar surface area (TPSA) is 93.1 Å². The van der Waals surface area contributed by atoms with Gasteiger partial charge in [-0.25, -0.2) is 17.8 Å². The molecule has 8 nitrogen and oxygen atoms in total. The molecule has 1 unspecified atom stereocenters. The molecule has 4 rings (SSSR count). The molecule has 2 aromatic heterocycles. The van der Waals surface area contributed by atoms with Gasteiger partial charge in [0.1, 0.15) is 17.2 Å². The van der Waals surface area contributed by atoms with Crippen molar-refractivity contribution in [1.82, 2.24) is 24.1 Å². The van der Waals surface area contributed by atoms with E-state index in [0.29, 0.717) is 15.4 Å². The van der Waals surface area contributed by atoms with Gasteiger partial charge in [-0.05, 0) is 24.6 Å². The van der Waals surface area contributed by atoms with Gasteiger partial charge in [0.25, 0.3) is 10.0 Å². The second kappa shape index (κ2) is 7.03. The zero-order chi connectivity index (χ0) is 21.8. The van der Waals surface area contributed by atoms with Crippen LogP contribution in [0.15, 0.2) is 23.5 Å². The SMILES string of the molecule is Cc1cc(F)c2[nH]c(S(=O)(=O)N3CCOC(C(F)(F)F)C3)cc2c1-c1ncn(C)n1. The van der Waals surface area contributed by atoms with Crippen LogP contribution in [-0.2, 0) is 21.8 Å². The van der Waals surface area contributed by atoms with Crippen LogP contribution in [0.4, 0.5) is 17.6 Å². The van der Waals surface area contributed by atoms with Gasteiger partial charge in [0.15, 0.2) is 11.9 Å². The monoisotopic (exact) mass is 447 g/mol. The summed E-state index contributed by atoms with van der Waals surface area (Å²) in [6.07, 6.45) is -5.48. The molecule has 3 heterocycles. The minimum absolute atomic E-state index is 0.0951. The van der Waals surface area contributed by atoms with Crippen molar-refractivity contribution in [3.8, 4) is 11.4 Å². The Kier molecular flexibility index (Phi) is 4.86. The van der Waals surface area contributed by atoms with E-state index >= 15 is 0 Å². The predicted molar refractivity (Wildman–Crippen MR) is 97.5 cm³/mol. The summed E-state index contributed by atoms with van der Waals surface area (Å²) in [6, 6.07) is 2.42. The molecular formula is C17H17F4N5O3S. The molecule has 0 radical (unpaired) electrons. The number of nitrogens with one attached hydrogen (secondary N) is 1. The zero-order valence-corrected chi connectivity index (χ0v) is 16.7. The molecule has 13 heteroatoms. The zero-order valence-electron chi connectivity index (χ0n) is 15.9. The number of halogens is 4. The van der Waals surface area contributed by atoms with Crippen molar-refractivity contribution < 1.29 is 30.7 Å². The molecule has 0 saturated carbocycles. The van der Waals surface area contributed by atoms with Crippen LogP contribution in [-0.4, -0.2) is 64.4 Å². The normalized spacial score (nSPS) is 18.9. The van der Waals surface area contributed by atoms with E-state index in [0.717, 1.165) is 0 Å². The number of hydrogen-bond acceptors (Lipinski definition) is 5. The summed E-state index contributed by atoms with van der Waals surface area (Å²) in [5.41, 5.74) is 0.819. The Labute approximate surface area is 168 Å². The molecule has 0 spiro atoms. The highest BCUT2D eigenvalue weighted by Gasteiger charge is 2.46. The average molecular weight is 447 g/mol. The van der Waals surface area contributed by atoms with Crippen molar-refractivity contribution in [2.24, 2.45) is 7.05 Å². The number of aryl methyl sites for hydroxylation is 2. The average Bonchev–Trinajstić information content (AvgIpc) is 3.29. The van der Waals surface area contributed by atoms with Crippen molar-refractivity contribution in [3.05, 3.63) is 29.8 Å². The number of benzene rings is 1. The molecule has 3 aromatic rings. The van der Waals surface area contributed by atoms with Gasteiger partial charge >= 0.3 is 6.18 Å². The standard InChI is InChI=1S/C17H17F4N5O3S/c1-9-5-11(18)15-10(14(9)16-22-8-25(2)24-16)6-13(23-15)30(27,28)26-3-4-29-12(7-26)17(19,20)21/h5-6,8,12,23H,3-4,7H2,1-2H3. The van der Waals surface area contributed by atoms with Crippen LogP contribution < -0.4 is 0 Å². The summed E-state index contributed by atoms with van der Waals surface area (Å²) in [5, 5.41) is 3.99. The molecule has 1 saturated heterocycles. The Morgan fingerprint density at radius 1 is 1.30 bits per heavy atom. The number of sulfonamides is 1. The summed E-state index contributed by atoms with van der Waals surface area (Å²) >= 11 is 0. The maximum atomic E-state index is 14.6. The Hall–Kier alpha value is -2.51. The first-order valence-electron chi connectivity index (χ1n) is 8.85. The third kappa shape index (κ3) is 3.46.